The number of hydrogen-bond donors (Lipinski definition) is 3. The van der Waals surface area contributed by atoms with E-state index in [1.807, 2.05) is 4.57 Å². The SMILES string of the molecule is C#CCN1C(=O)COc2cc(F)c(/N=c3\snc4n3CC(C)(C)C4)cc21.COc1cc(OC)nc(NC(=O)NS(=O)(=O)c2c(C(=O)O)c(Cl)nn2C)n1. The molecule has 0 aliphatic carbocycles. The summed E-state index contributed by atoms with van der Waals surface area (Å²) in [6.45, 7) is 5.05. The maximum absolute atomic E-state index is 14.5. The molecule has 5 heterocycles. The van der Waals surface area contributed by atoms with E-state index in [4.69, 9.17) is 37.3 Å². The van der Waals surface area contributed by atoms with Gasteiger partial charge in [-0.25, -0.2) is 23.7 Å². The summed E-state index contributed by atoms with van der Waals surface area (Å²) in [6, 6.07) is 2.82. The number of nitrogens with one attached hydrogen (secondary N) is 2. The Morgan fingerprint density at radius 1 is 1.23 bits per heavy atom. The topological polar surface area (TPSA) is 234 Å². The van der Waals surface area contributed by atoms with Crippen LogP contribution in [0.25, 0.3) is 0 Å². The number of urea groups is 1. The molecule has 3 amide bonds. The minimum atomic E-state index is -4.64. The zero-order chi connectivity index (χ0) is 38.8. The molecular formula is C30H30ClFN10O9S2. The van der Waals surface area contributed by atoms with E-state index in [0.717, 1.165) is 25.8 Å². The third-order valence-electron chi connectivity index (χ3n) is 7.40. The summed E-state index contributed by atoms with van der Waals surface area (Å²) in [4.78, 5) is 49.4. The minimum absolute atomic E-state index is 0.0478. The Labute approximate surface area is 309 Å². The summed E-state index contributed by atoms with van der Waals surface area (Å²) >= 11 is 6.87. The van der Waals surface area contributed by atoms with Gasteiger partial charge in [-0.3, -0.25) is 19.7 Å². The van der Waals surface area contributed by atoms with Crippen molar-refractivity contribution < 1.29 is 46.5 Å². The molecule has 0 bridgehead atoms. The Kier molecular flexibility index (Phi) is 10.9. The summed E-state index contributed by atoms with van der Waals surface area (Å²) in [5.74, 6) is 1.07. The van der Waals surface area contributed by atoms with Crippen LogP contribution in [0.15, 0.2) is 28.2 Å². The van der Waals surface area contributed by atoms with E-state index in [1.165, 1.54) is 48.9 Å². The average molecular weight is 793 g/mol. The lowest BCUT2D eigenvalue weighted by atomic mass is 9.92. The predicted octanol–water partition coefficient (Wildman–Crippen LogP) is 2.35. The van der Waals surface area contributed by atoms with E-state index in [2.05, 4.69) is 49.5 Å². The fraction of sp³-hybridized carbons (Fsp3) is 0.333. The summed E-state index contributed by atoms with van der Waals surface area (Å²) in [5.41, 5.74) is -0.101. The number of hydrogen-bond acceptors (Lipinski definition) is 14. The van der Waals surface area contributed by atoms with Crippen molar-refractivity contribution in [2.45, 2.75) is 31.8 Å². The maximum atomic E-state index is 14.5. The van der Waals surface area contributed by atoms with Gasteiger partial charge in [0.05, 0.1) is 32.5 Å². The monoisotopic (exact) mass is 792 g/mol. The Hall–Kier alpha value is -5.79. The van der Waals surface area contributed by atoms with Crippen molar-refractivity contribution in [2.75, 3.05) is 37.6 Å². The Morgan fingerprint density at radius 3 is 2.53 bits per heavy atom. The van der Waals surface area contributed by atoms with E-state index >= 15 is 0 Å². The predicted molar refractivity (Wildman–Crippen MR) is 186 cm³/mol. The lowest BCUT2D eigenvalue weighted by Gasteiger charge is -2.28. The number of terminal acetylenes is 1. The molecule has 23 heteroatoms. The van der Waals surface area contributed by atoms with Crippen molar-refractivity contribution in [1.29, 1.82) is 0 Å². The zero-order valence-electron chi connectivity index (χ0n) is 28.5. The molecule has 0 saturated carbocycles. The lowest BCUT2D eigenvalue weighted by molar-refractivity contribution is -0.121. The smallest absolute Gasteiger partial charge is 0.341 e. The molecule has 0 unspecified atom stereocenters. The molecule has 2 aliphatic rings. The van der Waals surface area contributed by atoms with E-state index in [9.17, 15) is 27.2 Å². The largest absolute Gasteiger partial charge is 0.481 e. The number of ether oxygens (including phenoxy) is 3. The number of fused-ring (bicyclic) bond motifs is 2. The molecule has 53 heavy (non-hydrogen) atoms. The van der Waals surface area contributed by atoms with E-state index < -0.39 is 43.6 Å². The third kappa shape index (κ3) is 8.32. The molecule has 0 spiro atoms. The molecule has 280 valence electrons. The third-order valence-corrected chi connectivity index (χ3v) is 9.88. The van der Waals surface area contributed by atoms with Gasteiger partial charge in [0.25, 0.3) is 15.9 Å². The van der Waals surface area contributed by atoms with Gasteiger partial charge in [-0.1, -0.05) is 31.4 Å². The molecule has 6 rings (SSSR count). The van der Waals surface area contributed by atoms with Gasteiger partial charge in [-0.15, -0.1) is 6.42 Å². The molecule has 0 saturated heterocycles. The molecule has 3 aromatic heterocycles. The number of aromatic nitrogens is 6. The van der Waals surface area contributed by atoms with Crippen LogP contribution in [0.5, 0.6) is 17.5 Å². The highest BCUT2D eigenvalue weighted by atomic mass is 35.5. The lowest BCUT2D eigenvalue weighted by Crippen LogP contribution is -2.39. The second kappa shape index (κ2) is 15.1. The van der Waals surface area contributed by atoms with Gasteiger partial charge in [0, 0.05) is 37.6 Å². The average Bonchev–Trinajstić information content (AvgIpc) is 3.71. The second-order valence-corrected chi connectivity index (χ2v) is 14.6. The quantitative estimate of drug-likeness (QED) is 0.218. The van der Waals surface area contributed by atoms with E-state index in [-0.39, 0.29) is 47.9 Å². The number of sulfonamides is 1. The first-order valence-electron chi connectivity index (χ1n) is 15.0. The van der Waals surface area contributed by atoms with Gasteiger partial charge in [-0.05, 0) is 11.5 Å². The molecule has 19 nitrogen and oxygen atoms in total. The number of benzene rings is 1. The highest BCUT2D eigenvalue weighted by Gasteiger charge is 2.33. The van der Waals surface area contributed by atoms with Gasteiger partial charge < -0.3 is 23.9 Å². The van der Waals surface area contributed by atoms with Crippen LogP contribution in [-0.4, -0.2) is 87.5 Å². The molecular weight excluding hydrogens is 763 g/mol. The van der Waals surface area contributed by atoms with Crippen molar-refractivity contribution >= 4 is 68.4 Å². The van der Waals surface area contributed by atoms with Crippen molar-refractivity contribution in [3.8, 4) is 29.9 Å². The van der Waals surface area contributed by atoms with Crippen LogP contribution in [0.4, 0.5) is 26.5 Å². The molecule has 0 fully saturated rings. The van der Waals surface area contributed by atoms with Crippen LogP contribution < -0.4 is 34.0 Å². The number of amides is 3. The summed E-state index contributed by atoms with van der Waals surface area (Å²) in [7, 11) is -0.858. The minimum Gasteiger partial charge on any atom is -0.481 e. The van der Waals surface area contributed by atoms with Crippen LogP contribution in [-0.2, 0) is 34.8 Å². The number of carbonyl (C=O) groups excluding carboxylic acids is 2. The first kappa shape index (κ1) is 38.4. The molecule has 0 radical (unpaired) electrons. The molecule has 1 aromatic carbocycles. The maximum Gasteiger partial charge on any atom is 0.341 e. The Balaban J connectivity index is 0.000000204. The van der Waals surface area contributed by atoms with Crippen molar-refractivity contribution in [3.63, 3.8) is 0 Å². The van der Waals surface area contributed by atoms with Crippen LogP contribution in [0, 0.1) is 23.6 Å². The number of anilines is 2. The number of carbonyl (C=O) groups is 3. The first-order valence-corrected chi connectivity index (χ1v) is 17.7. The molecule has 2 aliphatic heterocycles. The number of nitrogens with zero attached hydrogens (tertiary/aromatic N) is 8. The standard InChI is InChI=1S/C18H17FN4O2S.C12H13ClN6O7S/c1-4-5-22-13-7-12(11(19)6-14(13)25-9-16(22)24)20-17-23-10-18(2,3)8-15(23)21-26-17;1-19-9(7(10(20)21)8(13)17-19)27(23,24)18-12(22)16-11-14-5(25-2)4-6(15-11)26-3/h1,6-7H,5,8-10H2,2-3H3;4H,1-3H3,(H,20,21)(H2,14,15,16,18,22)/b20-17-;. The zero-order valence-corrected chi connectivity index (χ0v) is 30.9. The number of carboxylic acids is 1. The van der Waals surface area contributed by atoms with Gasteiger partial charge in [0.2, 0.25) is 22.5 Å². The van der Waals surface area contributed by atoms with E-state index in [1.54, 1.807) is 4.72 Å². The molecule has 4 aromatic rings. The fourth-order valence-electron chi connectivity index (χ4n) is 5.18. The summed E-state index contributed by atoms with van der Waals surface area (Å²) in [5, 5.41) is 13.4. The van der Waals surface area contributed by atoms with Gasteiger partial charge in [-0.2, -0.15) is 27.9 Å². The fourth-order valence-corrected chi connectivity index (χ4v) is 7.51. The normalized spacial score (nSPS) is 14.6. The van der Waals surface area contributed by atoms with Gasteiger partial charge in [0.15, 0.2) is 22.6 Å². The number of methoxy groups -OCH3 is 2. The van der Waals surface area contributed by atoms with E-state index in [0.29, 0.717) is 20.9 Å². The number of rotatable bonds is 8. The van der Waals surface area contributed by atoms with Crippen LogP contribution in [0.3, 0.4) is 0 Å². The van der Waals surface area contributed by atoms with Crippen molar-refractivity contribution in [3.05, 3.63) is 45.4 Å². The molecule has 3 N–H and O–H groups in total. The Morgan fingerprint density at radius 2 is 1.91 bits per heavy atom. The molecule has 0 atom stereocenters. The van der Waals surface area contributed by atoms with Crippen LogP contribution in [0.1, 0.15) is 30.0 Å². The van der Waals surface area contributed by atoms with Gasteiger partial charge >= 0.3 is 12.0 Å². The number of halogens is 2. The van der Waals surface area contributed by atoms with Crippen molar-refractivity contribution in [1.82, 2.24) is 33.4 Å². The Bertz CT molecular complexity index is 2330. The summed E-state index contributed by atoms with van der Waals surface area (Å²) < 4.78 is 63.2. The highest BCUT2D eigenvalue weighted by Crippen LogP contribution is 2.37. The summed E-state index contributed by atoms with van der Waals surface area (Å²) in [6.07, 6.45) is 6.22. The number of aryl methyl sites for hydroxylation is 1. The number of aromatic carboxylic acids is 1. The van der Waals surface area contributed by atoms with Crippen LogP contribution >= 0.6 is 23.1 Å². The van der Waals surface area contributed by atoms with Gasteiger partial charge in [0.1, 0.15) is 22.8 Å². The number of carboxylic acid groups (broad SMARTS) is 1. The first-order chi connectivity index (χ1) is 25.0. The highest BCUT2D eigenvalue weighted by molar-refractivity contribution is 7.90. The second-order valence-electron chi connectivity index (χ2n) is 11.9. The van der Waals surface area contributed by atoms with Crippen LogP contribution in [0.2, 0.25) is 5.15 Å². The van der Waals surface area contributed by atoms with Crippen molar-refractivity contribution in [2.24, 2.45) is 17.5 Å².